The molecule has 1 N–H and O–H groups in total. The van der Waals surface area contributed by atoms with Crippen LogP contribution < -0.4 is 5.56 Å². The first-order valence-electron chi connectivity index (χ1n) is 6.55. The summed E-state index contributed by atoms with van der Waals surface area (Å²) in [4.78, 5) is 30.1. The average Bonchev–Trinajstić information content (AvgIpc) is 2.89. The molecule has 0 saturated carbocycles. The van der Waals surface area contributed by atoms with Crippen molar-refractivity contribution < 1.29 is 9.90 Å². The maximum Gasteiger partial charge on any atom is 0.261 e. The number of hydrogen-bond donors (Lipinski definition) is 1. The van der Waals surface area contributed by atoms with Crippen LogP contribution >= 0.6 is 0 Å². The molecule has 6 heteroatoms. The number of carbonyl (C=O) groups excluding carboxylic acids is 1. The zero-order chi connectivity index (χ0) is 14.1. The number of rotatable bonds is 2. The van der Waals surface area contributed by atoms with Crippen LogP contribution in [0.1, 0.15) is 6.42 Å². The minimum absolute atomic E-state index is 0.0383. The quantitative estimate of drug-likeness (QED) is 0.835. The molecule has 1 aromatic carbocycles. The fourth-order valence-electron chi connectivity index (χ4n) is 2.43. The Morgan fingerprint density at radius 1 is 1.40 bits per heavy atom. The number of aliphatic hydroxyl groups is 1. The van der Waals surface area contributed by atoms with Crippen LogP contribution in [0.25, 0.3) is 10.9 Å². The zero-order valence-electron chi connectivity index (χ0n) is 10.9. The number of benzene rings is 1. The number of nitrogens with zero attached hydrogens (tertiary/aromatic N) is 3. The third-order valence-electron chi connectivity index (χ3n) is 3.55. The molecule has 0 unspecified atom stereocenters. The molecule has 1 atom stereocenters. The maximum atomic E-state index is 12.2. The second kappa shape index (κ2) is 5.05. The lowest BCUT2D eigenvalue weighted by atomic mass is 10.2. The number of fused-ring (bicyclic) bond motifs is 1. The minimum atomic E-state index is -0.453. The summed E-state index contributed by atoms with van der Waals surface area (Å²) in [5.74, 6) is -0.166. The first kappa shape index (κ1) is 12.8. The molecular weight excluding hydrogens is 258 g/mol. The van der Waals surface area contributed by atoms with Crippen LogP contribution in [-0.4, -0.2) is 44.7 Å². The van der Waals surface area contributed by atoms with Gasteiger partial charge in [-0.3, -0.25) is 14.2 Å². The van der Waals surface area contributed by atoms with Crippen molar-refractivity contribution in [3.05, 3.63) is 40.9 Å². The van der Waals surface area contributed by atoms with Gasteiger partial charge in [0.05, 0.1) is 23.3 Å². The molecular formula is C14H15N3O3. The van der Waals surface area contributed by atoms with E-state index in [1.807, 2.05) is 6.07 Å². The number of aliphatic hydroxyl groups excluding tert-OH is 1. The second-order valence-electron chi connectivity index (χ2n) is 4.98. The van der Waals surface area contributed by atoms with Crippen molar-refractivity contribution in [3.8, 4) is 0 Å². The molecule has 1 aliphatic rings. The largest absolute Gasteiger partial charge is 0.391 e. The first-order valence-corrected chi connectivity index (χ1v) is 6.55. The lowest BCUT2D eigenvalue weighted by molar-refractivity contribution is -0.131. The number of β-amino-alcohol motifs (C(OH)–C–C–N with tert-alkyl or cyclic N) is 1. The highest BCUT2D eigenvalue weighted by Gasteiger charge is 2.24. The number of aromatic nitrogens is 2. The van der Waals surface area contributed by atoms with E-state index in [1.54, 1.807) is 23.1 Å². The van der Waals surface area contributed by atoms with Crippen molar-refractivity contribution >= 4 is 16.8 Å². The van der Waals surface area contributed by atoms with Crippen molar-refractivity contribution in [2.24, 2.45) is 0 Å². The van der Waals surface area contributed by atoms with E-state index in [-0.39, 0.29) is 18.0 Å². The van der Waals surface area contributed by atoms with Crippen LogP contribution in [0.4, 0.5) is 0 Å². The van der Waals surface area contributed by atoms with Crippen LogP contribution in [0.2, 0.25) is 0 Å². The van der Waals surface area contributed by atoms with E-state index < -0.39 is 6.10 Å². The standard InChI is InChI=1S/C14H15N3O3/c18-10-5-6-16(7-10)13(19)8-17-9-15-12-4-2-1-3-11(12)14(17)20/h1-4,9-10,18H,5-8H2/t10-/m1/s1. The zero-order valence-corrected chi connectivity index (χ0v) is 10.9. The van der Waals surface area contributed by atoms with Crippen LogP contribution in [0.15, 0.2) is 35.4 Å². The van der Waals surface area contributed by atoms with Crippen molar-refractivity contribution in [2.45, 2.75) is 19.1 Å². The molecule has 2 aromatic rings. The number of carbonyl (C=O) groups is 1. The van der Waals surface area contributed by atoms with Crippen molar-refractivity contribution in [3.63, 3.8) is 0 Å². The summed E-state index contributed by atoms with van der Waals surface area (Å²) >= 11 is 0. The fourth-order valence-corrected chi connectivity index (χ4v) is 2.43. The highest BCUT2D eigenvalue weighted by atomic mass is 16.3. The van der Waals surface area contributed by atoms with Gasteiger partial charge in [-0.15, -0.1) is 0 Å². The highest BCUT2D eigenvalue weighted by molar-refractivity contribution is 5.79. The molecule has 104 valence electrons. The van der Waals surface area contributed by atoms with Gasteiger partial charge < -0.3 is 10.0 Å². The number of hydrogen-bond acceptors (Lipinski definition) is 4. The SMILES string of the molecule is O=C(Cn1cnc2ccccc2c1=O)N1CC[C@@H](O)C1. The molecule has 0 aliphatic carbocycles. The van der Waals surface area contributed by atoms with Gasteiger partial charge in [0.15, 0.2) is 0 Å². The van der Waals surface area contributed by atoms with Crippen LogP contribution in [0.3, 0.4) is 0 Å². The summed E-state index contributed by atoms with van der Waals surface area (Å²) < 4.78 is 1.31. The molecule has 1 amide bonds. The topological polar surface area (TPSA) is 75.4 Å². The number of para-hydroxylation sites is 1. The van der Waals surface area contributed by atoms with E-state index in [4.69, 9.17) is 0 Å². The van der Waals surface area contributed by atoms with Gasteiger partial charge in [0, 0.05) is 13.1 Å². The van der Waals surface area contributed by atoms with E-state index >= 15 is 0 Å². The van der Waals surface area contributed by atoms with Gasteiger partial charge in [-0.25, -0.2) is 4.98 Å². The van der Waals surface area contributed by atoms with E-state index in [2.05, 4.69) is 4.98 Å². The van der Waals surface area contributed by atoms with Gasteiger partial charge >= 0.3 is 0 Å². The Labute approximate surface area is 115 Å². The lowest BCUT2D eigenvalue weighted by Crippen LogP contribution is -2.35. The van der Waals surface area contributed by atoms with Crippen molar-refractivity contribution in [1.82, 2.24) is 14.5 Å². The molecule has 1 aromatic heterocycles. The summed E-state index contributed by atoms with van der Waals surface area (Å²) in [5.41, 5.74) is 0.404. The monoisotopic (exact) mass is 273 g/mol. The molecule has 0 bridgehead atoms. The summed E-state index contributed by atoms with van der Waals surface area (Å²) in [5, 5.41) is 9.94. The van der Waals surface area contributed by atoms with Gasteiger partial charge in [-0.1, -0.05) is 12.1 Å². The van der Waals surface area contributed by atoms with Crippen LogP contribution in [0.5, 0.6) is 0 Å². The molecule has 1 aliphatic heterocycles. The summed E-state index contributed by atoms with van der Waals surface area (Å²) in [7, 11) is 0. The Hall–Kier alpha value is -2.21. The number of amides is 1. The number of likely N-dealkylation sites (tertiary alicyclic amines) is 1. The summed E-state index contributed by atoms with van der Waals surface area (Å²) in [6.45, 7) is 0.841. The minimum Gasteiger partial charge on any atom is -0.391 e. The Morgan fingerprint density at radius 3 is 2.95 bits per heavy atom. The third kappa shape index (κ3) is 2.30. The Kier molecular flexibility index (Phi) is 3.23. The Morgan fingerprint density at radius 2 is 2.20 bits per heavy atom. The van der Waals surface area contributed by atoms with Gasteiger partial charge in [0.25, 0.3) is 5.56 Å². The molecule has 0 radical (unpaired) electrons. The van der Waals surface area contributed by atoms with Crippen LogP contribution in [0, 0.1) is 0 Å². The van der Waals surface area contributed by atoms with Gasteiger partial charge in [-0.05, 0) is 18.6 Å². The van der Waals surface area contributed by atoms with E-state index in [1.165, 1.54) is 10.9 Å². The fraction of sp³-hybridized carbons (Fsp3) is 0.357. The first-order chi connectivity index (χ1) is 9.65. The molecule has 2 heterocycles. The smallest absolute Gasteiger partial charge is 0.261 e. The van der Waals surface area contributed by atoms with Gasteiger partial charge in [-0.2, -0.15) is 0 Å². The second-order valence-corrected chi connectivity index (χ2v) is 4.98. The van der Waals surface area contributed by atoms with Crippen molar-refractivity contribution in [2.75, 3.05) is 13.1 Å². The molecule has 6 nitrogen and oxygen atoms in total. The molecule has 1 saturated heterocycles. The van der Waals surface area contributed by atoms with E-state index in [0.717, 1.165) is 0 Å². The molecule has 1 fully saturated rings. The van der Waals surface area contributed by atoms with E-state index in [9.17, 15) is 14.7 Å². The Bertz CT molecular complexity index is 710. The predicted octanol–water partition coefficient (Wildman–Crippen LogP) is -0.0103. The summed E-state index contributed by atoms with van der Waals surface area (Å²) in [6.07, 6.45) is 1.54. The highest BCUT2D eigenvalue weighted by Crippen LogP contribution is 2.10. The summed E-state index contributed by atoms with van der Waals surface area (Å²) in [6, 6.07) is 7.05. The lowest BCUT2D eigenvalue weighted by Gasteiger charge is -2.16. The van der Waals surface area contributed by atoms with Gasteiger partial charge in [0.1, 0.15) is 6.54 Å². The molecule has 0 spiro atoms. The third-order valence-corrected chi connectivity index (χ3v) is 3.55. The molecule has 3 rings (SSSR count). The Balaban J connectivity index is 1.86. The average molecular weight is 273 g/mol. The normalized spacial score (nSPS) is 18.6. The van der Waals surface area contributed by atoms with E-state index in [0.29, 0.717) is 30.4 Å². The molecule has 20 heavy (non-hydrogen) atoms. The van der Waals surface area contributed by atoms with Crippen molar-refractivity contribution in [1.29, 1.82) is 0 Å². The maximum absolute atomic E-state index is 12.2. The predicted molar refractivity (Wildman–Crippen MR) is 73.2 cm³/mol. The van der Waals surface area contributed by atoms with Gasteiger partial charge in [0.2, 0.25) is 5.91 Å². The van der Waals surface area contributed by atoms with Crippen LogP contribution in [-0.2, 0) is 11.3 Å².